The largest absolute Gasteiger partial charge is 0.486 e. The van der Waals surface area contributed by atoms with E-state index in [1.165, 1.54) is 0 Å². The lowest BCUT2D eigenvalue weighted by Crippen LogP contribution is -2.30. The molecule has 1 unspecified atom stereocenters. The SMILES string of the molecule is c1ccc2c(c1)OCC(CCn1cc(-c3nccs3)nn1)O2. The van der Waals surface area contributed by atoms with Gasteiger partial charge in [-0.15, -0.1) is 16.4 Å². The third-order valence-electron chi connectivity index (χ3n) is 3.44. The van der Waals surface area contributed by atoms with Crippen LogP contribution in [0.1, 0.15) is 6.42 Å². The van der Waals surface area contributed by atoms with Crippen LogP contribution < -0.4 is 9.47 Å². The van der Waals surface area contributed by atoms with Crippen LogP contribution in [-0.4, -0.2) is 32.7 Å². The molecule has 0 saturated carbocycles. The molecule has 112 valence electrons. The number of aryl methyl sites for hydroxylation is 1. The zero-order valence-corrected chi connectivity index (χ0v) is 12.6. The number of hydrogen-bond donors (Lipinski definition) is 0. The predicted molar refractivity (Wildman–Crippen MR) is 82.1 cm³/mol. The molecule has 0 bridgehead atoms. The molecule has 1 aliphatic rings. The lowest BCUT2D eigenvalue weighted by atomic mass is 10.2. The first-order chi connectivity index (χ1) is 10.9. The minimum absolute atomic E-state index is 0.0300. The van der Waals surface area contributed by atoms with Crippen molar-refractivity contribution >= 4 is 11.3 Å². The molecule has 0 N–H and O–H groups in total. The van der Waals surface area contributed by atoms with Crippen LogP contribution in [0.25, 0.3) is 10.7 Å². The fraction of sp³-hybridized carbons (Fsp3) is 0.267. The number of hydrogen-bond acceptors (Lipinski definition) is 6. The number of aromatic nitrogens is 4. The van der Waals surface area contributed by atoms with Crippen molar-refractivity contribution in [3.8, 4) is 22.2 Å². The van der Waals surface area contributed by atoms with Crippen LogP contribution in [0.3, 0.4) is 0 Å². The van der Waals surface area contributed by atoms with Gasteiger partial charge in [0.05, 0.1) is 6.20 Å². The molecule has 6 nitrogen and oxygen atoms in total. The summed E-state index contributed by atoms with van der Waals surface area (Å²) in [5, 5.41) is 11.1. The van der Waals surface area contributed by atoms with Gasteiger partial charge >= 0.3 is 0 Å². The second-order valence-corrected chi connectivity index (χ2v) is 5.88. The van der Waals surface area contributed by atoms with Crippen LogP contribution >= 0.6 is 11.3 Å². The Balaban J connectivity index is 1.38. The highest BCUT2D eigenvalue weighted by molar-refractivity contribution is 7.13. The molecule has 0 spiro atoms. The standard InChI is InChI=1S/C15H14N4O2S/c1-2-4-14-13(3-1)20-10-11(21-14)5-7-19-9-12(17-18-19)15-16-6-8-22-15/h1-4,6,8-9,11H,5,7,10H2. The van der Waals surface area contributed by atoms with Crippen LogP contribution in [-0.2, 0) is 6.54 Å². The molecule has 0 aliphatic carbocycles. The minimum Gasteiger partial charge on any atom is -0.486 e. The third-order valence-corrected chi connectivity index (χ3v) is 4.23. The van der Waals surface area contributed by atoms with Gasteiger partial charge in [0.2, 0.25) is 0 Å². The van der Waals surface area contributed by atoms with E-state index in [0.717, 1.165) is 35.2 Å². The van der Waals surface area contributed by atoms with Crippen LogP contribution in [0.5, 0.6) is 11.5 Å². The van der Waals surface area contributed by atoms with Gasteiger partial charge in [-0.1, -0.05) is 17.3 Å². The summed E-state index contributed by atoms with van der Waals surface area (Å²) in [6.07, 6.45) is 4.53. The van der Waals surface area contributed by atoms with Gasteiger partial charge in [0.25, 0.3) is 0 Å². The molecule has 3 aromatic rings. The molecule has 3 heterocycles. The van der Waals surface area contributed by atoms with Crippen LogP contribution in [0.2, 0.25) is 0 Å². The predicted octanol–water partition coefficient (Wildman–Crippen LogP) is 2.63. The Labute approximate surface area is 131 Å². The Morgan fingerprint density at radius 1 is 1.27 bits per heavy atom. The molecule has 4 rings (SSSR count). The van der Waals surface area contributed by atoms with Crippen molar-refractivity contribution in [2.24, 2.45) is 0 Å². The highest BCUT2D eigenvalue weighted by Crippen LogP contribution is 2.31. The average Bonchev–Trinajstić information content (AvgIpc) is 3.24. The van der Waals surface area contributed by atoms with Gasteiger partial charge in [0.1, 0.15) is 23.4 Å². The summed E-state index contributed by atoms with van der Waals surface area (Å²) in [5.41, 5.74) is 0.807. The first-order valence-corrected chi connectivity index (χ1v) is 7.95. The zero-order chi connectivity index (χ0) is 14.8. The molecule has 0 amide bonds. The quantitative estimate of drug-likeness (QED) is 0.741. The number of nitrogens with zero attached hydrogens (tertiary/aromatic N) is 4. The maximum Gasteiger partial charge on any atom is 0.161 e. The number of fused-ring (bicyclic) bond motifs is 1. The number of benzene rings is 1. The first-order valence-electron chi connectivity index (χ1n) is 7.07. The molecular formula is C15H14N4O2S. The Bertz CT molecular complexity index is 757. The lowest BCUT2D eigenvalue weighted by molar-refractivity contribution is 0.0807. The average molecular weight is 314 g/mol. The monoisotopic (exact) mass is 314 g/mol. The van der Waals surface area contributed by atoms with Crippen LogP contribution in [0, 0.1) is 0 Å². The maximum absolute atomic E-state index is 5.94. The summed E-state index contributed by atoms with van der Waals surface area (Å²) in [4.78, 5) is 4.23. The summed E-state index contributed by atoms with van der Waals surface area (Å²) in [5.74, 6) is 1.62. The number of para-hydroxylation sites is 2. The van der Waals surface area contributed by atoms with Gasteiger partial charge in [0.15, 0.2) is 11.5 Å². The van der Waals surface area contributed by atoms with Crippen molar-refractivity contribution in [2.75, 3.05) is 6.61 Å². The minimum atomic E-state index is 0.0300. The van der Waals surface area contributed by atoms with E-state index in [9.17, 15) is 0 Å². The van der Waals surface area contributed by atoms with Crippen LogP contribution in [0.4, 0.5) is 0 Å². The highest BCUT2D eigenvalue weighted by atomic mass is 32.1. The Morgan fingerprint density at radius 3 is 3.05 bits per heavy atom. The molecule has 2 aromatic heterocycles. The van der Waals surface area contributed by atoms with E-state index in [2.05, 4.69) is 15.3 Å². The van der Waals surface area contributed by atoms with E-state index in [4.69, 9.17) is 9.47 Å². The molecule has 7 heteroatoms. The molecule has 22 heavy (non-hydrogen) atoms. The van der Waals surface area contributed by atoms with Gasteiger partial charge in [0, 0.05) is 24.5 Å². The molecule has 0 radical (unpaired) electrons. The maximum atomic E-state index is 5.94. The van der Waals surface area contributed by atoms with Gasteiger partial charge in [-0.2, -0.15) is 0 Å². The molecule has 1 atom stereocenters. The Morgan fingerprint density at radius 2 is 2.18 bits per heavy atom. The van der Waals surface area contributed by atoms with Crippen molar-refractivity contribution in [3.05, 3.63) is 42.0 Å². The zero-order valence-electron chi connectivity index (χ0n) is 11.8. The molecule has 1 aromatic carbocycles. The van der Waals surface area contributed by atoms with E-state index in [0.29, 0.717) is 6.61 Å². The summed E-state index contributed by atoms with van der Waals surface area (Å²) in [6.45, 7) is 1.29. The van der Waals surface area contributed by atoms with Crippen molar-refractivity contribution < 1.29 is 9.47 Å². The smallest absolute Gasteiger partial charge is 0.161 e. The fourth-order valence-electron chi connectivity index (χ4n) is 2.34. The van der Waals surface area contributed by atoms with E-state index in [1.54, 1.807) is 17.5 Å². The van der Waals surface area contributed by atoms with Crippen molar-refractivity contribution in [1.29, 1.82) is 0 Å². The lowest BCUT2D eigenvalue weighted by Gasteiger charge is -2.26. The molecular weight excluding hydrogens is 300 g/mol. The van der Waals surface area contributed by atoms with E-state index >= 15 is 0 Å². The number of thiazole rings is 1. The molecule has 1 aliphatic heterocycles. The normalized spacial score (nSPS) is 16.6. The van der Waals surface area contributed by atoms with Gasteiger partial charge in [-0.25, -0.2) is 4.98 Å². The van der Waals surface area contributed by atoms with Crippen molar-refractivity contribution in [1.82, 2.24) is 20.0 Å². The van der Waals surface area contributed by atoms with Crippen molar-refractivity contribution in [3.63, 3.8) is 0 Å². The summed E-state index contributed by atoms with van der Waals surface area (Å²) in [7, 11) is 0. The second-order valence-electron chi connectivity index (χ2n) is 4.99. The summed E-state index contributed by atoms with van der Waals surface area (Å²) >= 11 is 1.56. The third kappa shape index (κ3) is 2.67. The van der Waals surface area contributed by atoms with Gasteiger partial charge in [-0.05, 0) is 12.1 Å². The second kappa shape index (κ2) is 5.76. The number of ether oxygens (including phenoxy) is 2. The van der Waals surface area contributed by atoms with Crippen molar-refractivity contribution in [2.45, 2.75) is 19.1 Å². The molecule has 0 saturated heterocycles. The molecule has 0 fully saturated rings. The van der Waals surface area contributed by atoms with E-state index < -0.39 is 0 Å². The Hall–Kier alpha value is -2.41. The Kier molecular flexibility index (Phi) is 3.48. The topological polar surface area (TPSA) is 62.1 Å². The fourth-order valence-corrected chi connectivity index (χ4v) is 2.92. The van der Waals surface area contributed by atoms with Gasteiger partial charge < -0.3 is 9.47 Å². The van der Waals surface area contributed by atoms with E-state index in [-0.39, 0.29) is 6.10 Å². The van der Waals surface area contributed by atoms with Crippen LogP contribution in [0.15, 0.2) is 42.0 Å². The first kappa shape index (κ1) is 13.3. The summed E-state index contributed by atoms with van der Waals surface area (Å²) in [6, 6.07) is 7.74. The number of rotatable bonds is 4. The van der Waals surface area contributed by atoms with E-state index in [1.807, 2.05) is 40.5 Å². The van der Waals surface area contributed by atoms with Gasteiger partial charge in [-0.3, -0.25) is 4.68 Å². The summed E-state index contributed by atoms with van der Waals surface area (Å²) < 4.78 is 13.5. The highest BCUT2D eigenvalue weighted by Gasteiger charge is 2.20.